The first kappa shape index (κ1) is 12.4. The van der Waals surface area contributed by atoms with Crippen molar-refractivity contribution < 1.29 is 17.6 Å². The minimum absolute atomic E-state index is 0.150. The third-order valence-electron chi connectivity index (χ3n) is 2.94. The van der Waals surface area contributed by atoms with E-state index in [-0.39, 0.29) is 17.7 Å². The summed E-state index contributed by atoms with van der Waals surface area (Å²) < 4.78 is 42.6. The zero-order chi connectivity index (χ0) is 12.5. The normalized spacial score (nSPS) is 21.8. The van der Waals surface area contributed by atoms with Crippen LogP contribution in [0.1, 0.15) is 36.6 Å². The molecule has 1 unspecified atom stereocenters. The molecule has 0 aliphatic carbocycles. The molecule has 0 radical (unpaired) electrons. The van der Waals surface area contributed by atoms with Crippen LogP contribution in [0.2, 0.25) is 0 Å². The maximum atomic E-state index is 12.5. The van der Waals surface area contributed by atoms with E-state index in [1.165, 1.54) is 6.92 Å². The smallest absolute Gasteiger partial charge is 0.436 e. The average Bonchev–Trinajstić information content (AvgIpc) is 2.60. The van der Waals surface area contributed by atoms with Crippen molar-refractivity contribution in [1.29, 1.82) is 0 Å². The maximum Gasteiger partial charge on any atom is 0.436 e. The highest BCUT2D eigenvalue weighted by atomic mass is 19.4. The molecule has 0 aromatic carbocycles. The van der Waals surface area contributed by atoms with Gasteiger partial charge in [-0.1, -0.05) is 6.42 Å². The van der Waals surface area contributed by atoms with Gasteiger partial charge >= 0.3 is 6.18 Å². The molecule has 1 aliphatic rings. The Kier molecular flexibility index (Phi) is 3.42. The minimum Gasteiger partial charge on any atom is -0.445 e. The number of nitrogens with one attached hydrogen (secondary N) is 1. The van der Waals surface area contributed by atoms with Crippen LogP contribution in [0.5, 0.6) is 0 Å². The van der Waals surface area contributed by atoms with Gasteiger partial charge in [-0.2, -0.15) is 13.2 Å². The molecule has 3 nitrogen and oxygen atoms in total. The molecule has 1 N–H and O–H groups in total. The molecule has 6 heteroatoms. The number of piperidine rings is 1. The Morgan fingerprint density at radius 2 is 2.18 bits per heavy atom. The highest BCUT2D eigenvalue weighted by molar-refractivity contribution is 5.12. The molecule has 0 bridgehead atoms. The van der Waals surface area contributed by atoms with E-state index < -0.39 is 11.9 Å². The van der Waals surface area contributed by atoms with Crippen LogP contribution >= 0.6 is 0 Å². The van der Waals surface area contributed by atoms with E-state index in [0.717, 1.165) is 25.8 Å². The molecule has 1 aliphatic heterocycles. The van der Waals surface area contributed by atoms with Gasteiger partial charge in [0.25, 0.3) is 0 Å². The molecular formula is C11H15F3N2O. The van der Waals surface area contributed by atoms with E-state index in [2.05, 4.69) is 10.3 Å². The summed E-state index contributed by atoms with van der Waals surface area (Å²) >= 11 is 0. The topological polar surface area (TPSA) is 38.1 Å². The second-order valence-corrected chi connectivity index (χ2v) is 4.36. The molecular weight excluding hydrogens is 233 g/mol. The van der Waals surface area contributed by atoms with Crippen LogP contribution in [0.4, 0.5) is 13.2 Å². The standard InChI is InChI=1S/C11H15F3N2O/c1-7-10(11(12,13)14)16-9(17-7)6-8-4-2-3-5-15-8/h8,15H,2-6H2,1H3. The number of alkyl halides is 3. The van der Waals surface area contributed by atoms with Gasteiger partial charge in [0.15, 0.2) is 11.6 Å². The lowest BCUT2D eigenvalue weighted by atomic mass is 10.0. The Hall–Kier alpha value is -1.04. The third-order valence-corrected chi connectivity index (χ3v) is 2.94. The molecule has 2 rings (SSSR count). The van der Waals surface area contributed by atoms with Gasteiger partial charge in [-0.05, 0) is 26.3 Å². The first-order chi connectivity index (χ1) is 7.97. The van der Waals surface area contributed by atoms with E-state index in [4.69, 9.17) is 4.42 Å². The van der Waals surface area contributed by atoms with Crippen LogP contribution in [-0.4, -0.2) is 17.6 Å². The monoisotopic (exact) mass is 248 g/mol. The summed E-state index contributed by atoms with van der Waals surface area (Å²) in [5.74, 6) is 0.0255. The first-order valence-electron chi connectivity index (χ1n) is 5.73. The molecule has 2 heterocycles. The predicted octanol–water partition coefficient (Wildman–Crippen LogP) is 2.69. The van der Waals surface area contributed by atoms with Crippen molar-refractivity contribution in [2.45, 2.75) is 44.8 Å². The van der Waals surface area contributed by atoms with Gasteiger partial charge in [0, 0.05) is 12.5 Å². The molecule has 0 amide bonds. The first-order valence-corrected chi connectivity index (χ1v) is 5.73. The molecule has 1 fully saturated rings. The molecule has 1 aromatic rings. The quantitative estimate of drug-likeness (QED) is 0.874. The Morgan fingerprint density at radius 3 is 2.71 bits per heavy atom. The molecule has 1 aromatic heterocycles. The molecule has 1 atom stereocenters. The van der Waals surface area contributed by atoms with Gasteiger partial charge in [0.1, 0.15) is 5.76 Å². The van der Waals surface area contributed by atoms with Crippen LogP contribution in [0.25, 0.3) is 0 Å². The zero-order valence-electron chi connectivity index (χ0n) is 9.60. The largest absolute Gasteiger partial charge is 0.445 e. The summed E-state index contributed by atoms with van der Waals surface area (Å²) in [6, 6.07) is 0.183. The van der Waals surface area contributed by atoms with Crippen molar-refractivity contribution in [1.82, 2.24) is 10.3 Å². The van der Waals surface area contributed by atoms with Gasteiger partial charge in [-0.15, -0.1) is 0 Å². The van der Waals surface area contributed by atoms with Crippen molar-refractivity contribution in [2.75, 3.05) is 6.54 Å². The summed E-state index contributed by atoms with van der Waals surface area (Å²) in [7, 11) is 0. The highest BCUT2D eigenvalue weighted by Gasteiger charge is 2.37. The lowest BCUT2D eigenvalue weighted by molar-refractivity contribution is -0.141. The van der Waals surface area contributed by atoms with Crippen LogP contribution < -0.4 is 5.32 Å². The Bertz CT molecular complexity index is 381. The lowest BCUT2D eigenvalue weighted by Gasteiger charge is -2.21. The van der Waals surface area contributed by atoms with Gasteiger partial charge < -0.3 is 9.73 Å². The van der Waals surface area contributed by atoms with Gasteiger partial charge in [0.05, 0.1) is 0 Å². The number of halogens is 3. The van der Waals surface area contributed by atoms with E-state index in [1.807, 2.05) is 0 Å². The number of oxazole rings is 1. The number of hydrogen-bond donors (Lipinski definition) is 1. The van der Waals surface area contributed by atoms with Crippen molar-refractivity contribution in [3.8, 4) is 0 Å². The van der Waals surface area contributed by atoms with Crippen molar-refractivity contribution in [3.63, 3.8) is 0 Å². The Labute approximate surface area is 97.4 Å². The summed E-state index contributed by atoms with van der Waals surface area (Å²) in [6.45, 7) is 2.21. The minimum atomic E-state index is -4.42. The summed E-state index contributed by atoms with van der Waals surface area (Å²) in [6.07, 6.45) is -0.816. The molecule has 0 spiro atoms. The Morgan fingerprint density at radius 1 is 1.41 bits per heavy atom. The van der Waals surface area contributed by atoms with E-state index in [0.29, 0.717) is 6.42 Å². The second-order valence-electron chi connectivity index (χ2n) is 4.36. The number of nitrogens with zero attached hydrogens (tertiary/aromatic N) is 1. The molecule has 17 heavy (non-hydrogen) atoms. The van der Waals surface area contributed by atoms with Crippen LogP contribution in [-0.2, 0) is 12.6 Å². The maximum absolute atomic E-state index is 12.5. The second kappa shape index (κ2) is 4.68. The molecule has 1 saturated heterocycles. The highest BCUT2D eigenvalue weighted by Crippen LogP contribution is 2.31. The van der Waals surface area contributed by atoms with Crippen molar-refractivity contribution in [2.24, 2.45) is 0 Å². The number of aromatic nitrogens is 1. The fraction of sp³-hybridized carbons (Fsp3) is 0.727. The SMILES string of the molecule is Cc1oc(CC2CCCCN2)nc1C(F)(F)F. The van der Waals surface area contributed by atoms with Gasteiger partial charge in [-0.25, -0.2) is 4.98 Å². The number of rotatable bonds is 2. The summed E-state index contributed by atoms with van der Waals surface area (Å²) in [5.41, 5.74) is -0.900. The van der Waals surface area contributed by atoms with E-state index in [1.54, 1.807) is 0 Å². The summed E-state index contributed by atoms with van der Waals surface area (Å²) in [4.78, 5) is 3.54. The molecule has 0 saturated carbocycles. The fourth-order valence-electron chi connectivity index (χ4n) is 2.11. The summed E-state index contributed by atoms with van der Waals surface area (Å²) in [5, 5.41) is 3.25. The van der Waals surface area contributed by atoms with Crippen molar-refractivity contribution in [3.05, 3.63) is 17.3 Å². The zero-order valence-corrected chi connectivity index (χ0v) is 9.60. The number of aryl methyl sites for hydroxylation is 1. The lowest BCUT2D eigenvalue weighted by Crippen LogP contribution is -2.35. The van der Waals surface area contributed by atoms with Crippen LogP contribution in [0.3, 0.4) is 0 Å². The van der Waals surface area contributed by atoms with Crippen LogP contribution in [0, 0.1) is 6.92 Å². The van der Waals surface area contributed by atoms with Crippen LogP contribution in [0.15, 0.2) is 4.42 Å². The van der Waals surface area contributed by atoms with E-state index >= 15 is 0 Å². The van der Waals surface area contributed by atoms with Gasteiger partial charge in [-0.3, -0.25) is 0 Å². The Balaban J connectivity index is 2.06. The van der Waals surface area contributed by atoms with Crippen molar-refractivity contribution >= 4 is 0 Å². The van der Waals surface area contributed by atoms with Gasteiger partial charge in [0.2, 0.25) is 0 Å². The third kappa shape index (κ3) is 3.00. The van der Waals surface area contributed by atoms with E-state index in [9.17, 15) is 13.2 Å². The predicted molar refractivity (Wildman–Crippen MR) is 55.6 cm³/mol. The number of hydrogen-bond acceptors (Lipinski definition) is 3. The molecule has 96 valence electrons. The average molecular weight is 248 g/mol. The fourth-order valence-corrected chi connectivity index (χ4v) is 2.11.